The molecule has 0 aromatic carbocycles. The molecule has 4 heteroatoms. The van der Waals surface area contributed by atoms with Gasteiger partial charge in [-0.1, -0.05) is 25.3 Å². The van der Waals surface area contributed by atoms with E-state index in [4.69, 9.17) is 4.74 Å². The van der Waals surface area contributed by atoms with E-state index >= 15 is 0 Å². The summed E-state index contributed by atoms with van der Waals surface area (Å²) in [5.74, 6) is 0.684. The van der Waals surface area contributed by atoms with E-state index in [9.17, 15) is 4.79 Å². The number of aliphatic imine (C=N–C) groups is 1. The van der Waals surface area contributed by atoms with Gasteiger partial charge in [-0.25, -0.2) is 9.79 Å². The summed E-state index contributed by atoms with van der Waals surface area (Å²) in [5.41, 5.74) is 0.443. The monoisotopic (exact) mass is 261 g/mol. The summed E-state index contributed by atoms with van der Waals surface area (Å²) in [6.45, 7) is 0. The van der Waals surface area contributed by atoms with E-state index < -0.39 is 0 Å². The molecular weight excluding hydrogens is 246 g/mol. The van der Waals surface area contributed by atoms with Gasteiger partial charge in [-0.3, -0.25) is 0 Å². The molecule has 2 heterocycles. The third-order valence-corrected chi connectivity index (χ3v) is 4.23. The highest BCUT2D eigenvalue weighted by Crippen LogP contribution is 2.29. The summed E-state index contributed by atoms with van der Waals surface area (Å²) in [6, 6.07) is 3.93. The molecule has 0 radical (unpaired) electrons. The van der Waals surface area contributed by atoms with Crippen LogP contribution in [0.25, 0.3) is 6.08 Å². The van der Waals surface area contributed by atoms with Crippen molar-refractivity contribution in [3.63, 3.8) is 0 Å². The Balaban J connectivity index is 1.80. The number of rotatable bonds is 2. The van der Waals surface area contributed by atoms with E-state index in [1.807, 2.05) is 23.6 Å². The van der Waals surface area contributed by atoms with Crippen molar-refractivity contribution in [3.05, 3.63) is 28.1 Å². The van der Waals surface area contributed by atoms with Crippen LogP contribution >= 0.6 is 11.3 Å². The lowest BCUT2D eigenvalue weighted by atomic mass is 9.89. The number of hydrogen-bond acceptors (Lipinski definition) is 4. The largest absolute Gasteiger partial charge is 0.406 e. The Morgan fingerprint density at radius 3 is 2.89 bits per heavy atom. The number of cyclic esters (lactones) is 1. The fraction of sp³-hybridized carbons (Fsp3) is 0.429. The van der Waals surface area contributed by atoms with Crippen molar-refractivity contribution in [3.8, 4) is 0 Å². The van der Waals surface area contributed by atoms with Gasteiger partial charge in [-0.2, -0.15) is 0 Å². The molecule has 0 N–H and O–H groups in total. The van der Waals surface area contributed by atoms with Crippen molar-refractivity contribution in [2.45, 2.75) is 32.1 Å². The summed E-state index contributed by atoms with van der Waals surface area (Å²) in [6.07, 6.45) is 7.71. The molecule has 1 fully saturated rings. The predicted molar refractivity (Wildman–Crippen MR) is 72.4 cm³/mol. The van der Waals surface area contributed by atoms with Gasteiger partial charge < -0.3 is 4.74 Å². The van der Waals surface area contributed by atoms with E-state index in [0.717, 1.165) is 17.7 Å². The Labute approximate surface area is 110 Å². The minimum Gasteiger partial charge on any atom is -0.406 e. The van der Waals surface area contributed by atoms with Crippen LogP contribution in [0.15, 0.2) is 28.2 Å². The molecule has 1 aliphatic heterocycles. The van der Waals surface area contributed by atoms with E-state index in [-0.39, 0.29) is 5.97 Å². The lowest BCUT2D eigenvalue weighted by Crippen LogP contribution is -2.19. The van der Waals surface area contributed by atoms with Crippen LogP contribution in [-0.2, 0) is 9.53 Å². The SMILES string of the molecule is O=C1OC(C2CCCCC2)=NC1=Cc1cccs1. The smallest absolute Gasteiger partial charge is 0.363 e. The van der Waals surface area contributed by atoms with Crippen LogP contribution in [0, 0.1) is 5.92 Å². The zero-order chi connectivity index (χ0) is 12.4. The van der Waals surface area contributed by atoms with Crippen LogP contribution in [0.5, 0.6) is 0 Å². The van der Waals surface area contributed by atoms with Crippen LogP contribution < -0.4 is 0 Å². The zero-order valence-corrected chi connectivity index (χ0v) is 10.9. The van der Waals surface area contributed by atoms with Gasteiger partial charge >= 0.3 is 5.97 Å². The Bertz CT molecular complexity index is 496. The van der Waals surface area contributed by atoms with Crippen LogP contribution in [0.2, 0.25) is 0 Å². The molecule has 1 saturated carbocycles. The van der Waals surface area contributed by atoms with Crippen molar-refractivity contribution in [1.29, 1.82) is 0 Å². The molecule has 0 spiro atoms. The van der Waals surface area contributed by atoms with E-state index in [0.29, 0.717) is 17.5 Å². The van der Waals surface area contributed by atoms with Gasteiger partial charge in [0, 0.05) is 10.8 Å². The molecule has 0 atom stereocenters. The van der Waals surface area contributed by atoms with E-state index in [2.05, 4.69) is 4.99 Å². The van der Waals surface area contributed by atoms with Gasteiger partial charge in [0.2, 0.25) is 5.90 Å². The van der Waals surface area contributed by atoms with Crippen molar-refractivity contribution in [2.24, 2.45) is 10.9 Å². The Kier molecular flexibility index (Phi) is 3.28. The number of carbonyl (C=O) groups is 1. The maximum atomic E-state index is 11.8. The first-order chi connectivity index (χ1) is 8.83. The minimum absolute atomic E-state index is 0.302. The second kappa shape index (κ2) is 5.06. The topological polar surface area (TPSA) is 38.7 Å². The van der Waals surface area contributed by atoms with Gasteiger partial charge in [0.05, 0.1) is 0 Å². The number of esters is 1. The zero-order valence-electron chi connectivity index (χ0n) is 10.1. The molecule has 3 rings (SSSR count). The number of nitrogens with zero attached hydrogens (tertiary/aromatic N) is 1. The lowest BCUT2D eigenvalue weighted by molar-refractivity contribution is -0.130. The van der Waals surface area contributed by atoms with Crippen molar-refractivity contribution in [2.75, 3.05) is 0 Å². The fourth-order valence-electron chi connectivity index (χ4n) is 2.46. The highest BCUT2D eigenvalue weighted by molar-refractivity contribution is 7.10. The Hall–Kier alpha value is -1.42. The summed E-state index contributed by atoms with van der Waals surface area (Å²) in [4.78, 5) is 17.2. The maximum absolute atomic E-state index is 11.8. The maximum Gasteiger partial charge on any atom is 0.363 e. The third-order valence-electron chi connectivity index (χ3n) is 3.41. The summed E-state index contributed by atoms with van der Waals surface area (Å²) in [7, 11) is 0. The second-order valence-electron chi connectivity index (χ2n) is 4.72. The first-order valence-corrected chi connectivity index (χ1v) is 7.27. The number of ether oxygens (including phenoxy) is 1. The summed E-state index contributed by atoms with van der Waals surface area (Å²) >= 11 is 1.60. The second-order valence-corrected chi connectivity index (χ2v) is 5.70. The van der Waals surface area contributed by atoms with Crippen molar-refractivity contribution in [1.82, 2.24) is 0 Å². The van der Waals surface area contributed by atoms with Crippen LogP contribution in [0.3, 0.4) is 0 Å². The summed E-state index contributed by atoms with van der Waals surface area (Å²) < 4.78 is 5.31. The van der Waals surface area contributed by atoms with Crippen molar-refractivity contribution < 1.29 is 9.53 Å². The first-order valence-electron chi connectivity index (χ1n) is 6.39. The highest BCUT2D eigenvalue weighted by Gasteiger charge is 2.30. The fourth-order valence-corrected chi connectivity index (χ4v) is 3.11. The Morgan fingerprint density at radius 2 is 2.17 bits per heavy atom. The standard InChI is InChI=1S/C14H15NO2S/c16-14-12(9-11-7-4-8-18-11)15-13(17-14)10-5-2-1-3-6-10/h4,7-10H,1-3,5-6H2. The van der Waals surface area contributed by atoms with Gasteiger partial charge in [0.1, 0.15) is 0 Å². The molecular formula is C14H15NO2S. The molecule has 1 aliphatic carbocycles. The number of carbonyl (C=O) groups excluding carboxylic acids is 1. The minimum atomic E-state index is -0.302. The van der Waals surface area contributed by atoms with Crippen LogP contribution in [-0.4, -0.2) is 11.9 Å². The highest BCUT2D eigenvalue weighted by atomic mass is 32.1. The van der Waals surface area contributed by atoms with E-state index in [1.165, 1.54) is 19.3 Å². The van der Waals surface area contributed by atoms with Crippen LogP contribution in [0.1, 0.15) is 37.0 Å². The molecule has 18 heavy (non-hydrogen) atoms. The molecule has 0 bridgehead atoms. The van der Waals surface area contributed by atoms with E-state index in [1.54, 1.807) is 11.3 Å². The Morgan fingerprint density at radius 1 is 1.33 bits per heavy atom. The van der Waals surface area contributed by atoms with Gasteiger partial charge in [-0.15, -0.1) is 11.3 Å². The molecule has 1 aromatic heterocycles. The molecule has 0 amide bonds. The predicted octanol–water partition coefficient (Wildman–Crippen LogP) is 3.62. The average molecular weight is 261 g/mol. The quantitative estimate of drug-likeness (QED) is 0.602. The van der Waals surface area contributed by atoms with Crippen molar-refractivity contribution >= 4 is 29.3 Å². The summed E-state index contributed by atoms with van der Waals surface area (Å²) in [5, 5.41) is 1.98. The normalized spacial score (nSPS) is 23.2. The molecule has 0 unspecified atom stereocenters. The number of hydrogen-bond donors (Lipinski definition) is 0. The average Bonchev–Trinajstić information content (AvgIpc) is 3.02. The molecule has 3 nitrogen and oxygen atoms in total. The molecule has 2 aliphatic rings. The van der Waals surface area contributed by atoms with Gasteiger partial charge in [-0.05, 0) is 30.4 Å². The van der Waals surface area contributed by atoms with Gasteiger partial charge in [0.15, 0.2) is 5.70 Å². The molecule has 1 aromatic rings. The third kappa shape index (κ3) is 2.38. The number of thiophene rings is 1. The molecule has 0 saturated heterocycles. The lowest BCUT2D eigenvalue weighted by Gasteiger charge is -2.19. The first kappa shape index (κ1) is 11.7. The van der Waals surface area contributed by atoms with Crippen LogP contribution in [0.4, 0.5) is 0 Å². The van der Waals surface area contributed by atoms with Gasteiger partial charge in [0.25, 0.3) is 0 Å². The molecule has 94 valence electrons.